The van der Waals surface area contributed by atoms with Crippen molar-refractivity contribution in [3.8, 4) is 0 Å². The van der Waals surface area contributed by atoms with E-state index in [9.17, 15) is 8.42 Å². The quantitative estimate of drug-likeness (QED) is 0.793. The van der Waals surface area contributed by atoms with E-state index in [1.54, 1.807) is 12.1 Å². The summed E-state index contributed by atoms with van der Waals surface area (Å²) in [7, 11) is -3.37. The van der Waals surface area contributed by atoms with Gasteiger partial charge in [-0.1, -0.05) is 45.8 Å². The van der Waals surface area contributed by atoms with E-state index in [4.69, 9.17) is 0 Å². The van der Waals surface area contributed by atoms with Crippen LogP contribution in [0.2, 0.25) is 0 Å². The molecule has 104 valence electrons. The van der Waals surface area contributed by atoms with Crippen molar-refractivity contribution in [2.24, 2.45) is 0 Å². The summed E-state index contributed by atoms with van der Waals surface area (Å²) in [5, 5.41) is 0. The molecule has 1 aliphatic rings. The first-order valence-electron chi connectivity index (χ1n) is 6.32. The smallest absolute Gasteiger partial charge is 0.207 e. The zero-order valence-electron chi connectivity index (χ0n) is 11.0. The van der Waals surface area contributed by atoms with Gasteiger partial charge in [0.05, 0.1) is 10.9 Å². The van der Waals surface area contributed by atoms with Gasteiger partial charge < -0.3 is 0 Å². The van der Waals surface area contributed by atoms with Gasteiger partial charge in [-0.05, 0) is 36.8 Å². The highest BCUT2D eigenvalue weighted by molar-refractivity contribution is 9.10. The lowest BCUT2D eigenvalue weighted by atomic mass is 10.2. The van der Waals surface area contributed by atoms with Crippen molar-refractivity contribution in [3.63, 3.8) is 0 Å². The molecule has 20 heavy (non-hydrogen) atoms. The van der Waals surface area contributed by atoms with Crippen LogP contribution in [0.4, 0.5) is 0 Å². The molecule has 0 aliphatic carbocycles. The zero-order chi connectivity index (χ0) is 14.3. The summed E-state index contributed by atoms with van der Waals surface area (Å²) in [4.78, 5) is 0.364. The Labute approximate surface area is 127 Å². The summed E-state index contributed by atoms with van der Waals surface area (Å²) >= 11 is 3.38. The molecule has 2 unspecified atom stereocenters. The summed E-state index contributed by atoms with van der Waals surface area (Å²) in [5.41, 5.74) is 2.09. The van der Waals surface area contributed by atoms with Crippen molar-refractivity contribution in [1.29, 1.82) is 0 Å². The normalized spacial score (nSPS) is 21.7. The Balaban J connectivity index is 1.84. The first-order chi connectivity index (χ1) is 9.48. The molecule has 3 nitrogen and oxygen atoms in total. The highest BCUT2D eigenvalue weighted by atomic mass is 79.9. The SMILES string of the molecule is Cc1ccc(S(=O)(=O)N2CC2c2ccc(Br)cc2)cc1. The standard InChI is InChI=1S/C15H14BrNO2S/c1-11-2-8-14(9-3-11)20(18,19)17-10-15(17)12-4-6-13(16)7-5-12/h2-9,15H,10H2,1H3. The third-order valence-corrected chi connectivity index (χ3v) is 5.87. The van der Waals surface area contributed by atoms with Crippen LogP contribution in [0.25, 0.3) is 0 Å². The van der Waals surface area contributed by atoms with E-state index in [2.05, 4.69) is 15.9 Å². The first kappa shape index (κ1) is 13.8. The fourth-order valence-corrected chi connectivity index (χ4v) is 4.00. The fraction of sp³-hybridized carbons (Fsp3) is 0.200. The molecule has 0 radical (unpaired) electrons. The molecule has 0 spiro atoms. The maximum Gasteiger partial charge on any atom is 0.243 e. The van der Waals surface area contributed by atoms with Crippen LogP contribution in [-0.4, -0.2) is 19.3 Å². The van der Waals surface area contributed by atoms with Crippen molar-refractivity contribution in [1.82, 2.24) is 4.31 Å². The third-order valence-electron chi connectivity index (χ3n) is 3.45. The van der Waals surface area contributed by atoms with Gasteiger partial charge in [0.15, 0.2) is 0 Å². The van der Waals surface area contributed by atoms with Crippen LogP contribution < -0.4 is 0 Å². The molecule has 1 fully saturated rings. The molecule has 1 aliphatic heterocycles. The van der Waals surface area contributed by atoms with E-state index in [0.29, 0.717) is 11.4 Å². The number of hydrogen-bond acceptors (Lipinski definition) is 2. The van der Waals surface area contributed by atoms with Crippen molar-refractivity contribution >= 4 is 26.0 Å². The minimum atomic E-state index is -3.37. The number of rotatable bonds is 3. The third kappa shape index (κ3) is 2.53. The van der Waals surface area contributed by atoms with Gasteiger partial charge in [0.2, 0.25) is 10.0 Å². The van der Waals surface area contributed by atoms with Crippen LogP contribution in [-0.2, 0) is 10.0 Å². The molecule has 0 bridgehead atoms. The largest absolute Gasteiger partial charge is 0.243 e. The van der Waals surface area contributed by atoms with Gasteiger partial charge in [0, 0.05) is 11.0 Å². The molecule has 2 aromatic carbocycles. The van der Waals surface area contributed by atoms with Crippen LogP contribution >= 0.6 is 15.9 Å². The maximum absolute atomic E-state index is 12.5. The Hall–Kier alpha value is -1.17. The van der Waals surface area contributed by atoms with Gasteiger partial charge in [-0.3, -0.25) is 0 Å². The van der Waals surface area contributed by atoms with E-state index in [-0.39, 0.29) is 6.04 Å². The lowest BCUT2D eigenvalue weighted by Crippen LogP contribution is -2.12. The number of benzene rings is 2. The summed E-state index contributed by atoms with van der Waals surface area (Å²) in [6.07, 6.45) is 0. The van der Waals surface area contributed by atoms with E-state index < -0.39 is 10.0 Å². The van der Waals surface area contributed by atoms with Gasteiger partial charge in [-0.15, -0.1) is 0 Å². The number of nitrogens with zero attached hydrogens (tertiary/aromatic N) is 1. The average Bonchev–Trinajstić information content (AvgIpc) is 3.21. The molecule has 1 heterocycles. The molecule has 0 saturated carbocycles. The Morgan fingerprint density at radius 1 is 1.05 bits per heavy atom. The van der Waals surface area contributed by atoms with Crippen LogP contribution in [0.15, 0.2) is 57.9 Å². The predicted octanol–water partition coefficient (Wildman–Crippen LogP) is 3.50. The molecular weight excluding hydrogens is 338 g/mol. The predicted molar refractivity (Wildman–Crippen MR) is 82.0 cm³/mol. The number of aryl methyl sites for hydroxylation is 1. The minimum Gasteiger partial charge on any atom is -0.207 e. The minimum absolute atomic E-state index is 0.0330. The monoisotopic (exact) mass is 351 g/mol. The summed E-state index contributed by atoms with van der Waals surface area (Å²) in [6, 6.07) is 14.7. The van der Waals surface area contributed by atoms with Crippen molar-refractivity contribution in [2.75, 3.05) is 6.54 Å². The Morgan fingerprint density at radius 3 is 2.25 bits per heavy atom. The Kier molecular flexibility index (Phi) is 3.44. The molecule has 1 saturated heterocycles. The van der Waals surface area contributed by atoms with Crippen LogP contribution in [0, 0.1) is 6.92 Å². The lowest BCUT2D eigenvalue weighted by molar-refractivity contribution is 0.554. The van der Waals surface area contributed by atoms with Gasteiger partial charge >= 0.3 is 0 Å². The highest BCUT2D eigenvalue weighted by Gasteiger charge is 2.45. The highest BCUT2D eigenvalue weighted by Crippen LogP contribution is 2.40. The average molecular weight is 352 g/mol. The first-order valence-corrected chi connectivity index (χ1v) is 8.56. The zero-order valence-corrected chi connectivity index (χ0v) is 13.4. The van der Waals surface area contributed by atoms with Gasteiger partial charge in [-0.25, -0.2) is 8.42 Å². The fourth-order valence-electron chi connectivity index (χ4n) is 2.19. The molecule has 2 atom stereocenters. The second-order valence-corrected chi connectivity index (χ2v) is 7.76. The van der Waals surface area contributed by atoms with E-state index in [0.717, 1.165) is 15.6 Å². The topological polar surface area (TPSA) is 37.1 Å². The molecule has 0 aromatic heterocycles. The van der Waals surface area contributed by atoms with E-state index >= 15 is 0 Å². The van der Waals surface area contributed by atoms with Gasteiger partial charge in [-0.2, -0.15) is 4.31 Å². The second-order valence-electron chi connectivity index (χ2n) is 4.96. The molecule has 3 rings (SSSR count). The van der Waals surface area contributed by atoms with E-state index in [1.165, 1.54) is 4.31 Å². The summed E-state index contributed by atoms with van der Waals surface area (Å²) in [6.45, 7) is 2.50. The van der Waals surface area contributed by atoms with Crippen LogP contribution in [0.1, 0.15) is 17.2 Å². The lowest BCUT2D eigenvalue weighted by Gasteiger charge is -2.07. The van der Waals surface area contributed by atoms with Crippen molar-refractivity contribution in [2.45, 2.75) is 17.9 Å². The van der Waals surface area contributed by atoms with Gasteiger partial charge in [0.25, 0.3) is 0 Å². The molecule has 2 aromatic rings. The molecular formula is C15H14BrNO2S. The molecule has 0 amide bonds. The number of halogens is 1. The molecule has 5 heteroatoms. The summed E-state index contributed by atoms with van der Waals surface area (Å²) < 4.78 is 27.5. The van der Waals surface area contributed by atoms with Crippen molar-refractivity contribution in [3.05, 3.63) is 64.1 Å². The number of sulfonamides is 1. The second kappa shape index (κ2) is 4.98. The summed E-state index contributed by atoms with van der Waals surface area (Å²) in [5.74, 6) is 0. The maximum atomic E-state index is 12.5. The van der Waals surface area contributed by atoms with Crippen molar-refractivity contribution < 1.29 is 8.42 Å². The van der Waals surface area contributed by atoms with Crippen LogP contribution in [0.3, 0.4) is 0 Å². The van der Waals surface area contributed by atoms with Crippen LogP contribution in [0.5, 0.6) is 0 Å². The Morgan fingerprint density at radius 2 is 1.65 bits per heavy atom. The number of hydrogen-bond donors (Lipinski definition) is 0. The molecule has 0 N–H and O–H groups in total. The van der Waals surface area contributed by atoms with E-state index in [1.807, 2.05) is 43.3 Å². The Bertz CT molecular complexity index is 723. The van der Waals surface area contributed by atoms with Gasteiger partial charge in [0.1, 0.15) is 0 Å².